The highest BCUT2D eigenvalue weighted by Crippen LogP contribution is 2.31. The number of amides is 1. The SMILES string of the molecule is CC(C(=O)NC1CC1)n1cncc1C1(C)CCNC1. The molecule has 1 amide bonds. The molecule has 1 saturated heterocycles. The summed E-state index contributed by atoms with van der Waals surface area (Å²) < 4.78 is 2.03. The van der Waals surface area contributed by atoms with Crippen LogP contribution in [-0.2, 0) is 10.2 Å². The number of nitrogens with zero attached hydrogens (tertiary/aromatic N) is 2. The zero-order valence-corrected chi connectivity index (χ0v) is 11.6. The van der Waals surface area contributed by atoms with Crippen LogP contribution in [0.4, 0.5) is 0 Å². The van der Waals surface area contributed by atoms with E-state index in [-0.39, 0.29) is 17.4 Å². The van der Waals surface area contributed by atoms with Gasteiger partial charge in [0.15, 0.2) is 0 Å². The second kappa shape index (κ2) is 4.63. The molecule has 0 aromatic carbocycles. The first-order valence-corrected chi connectivity index (χ1v) is 7.13. The van der Waals surface area contributed by atoms with Crippen molar-refractivity contribution >= 4 is 5.91 Å². The van der Waals surface area contributed by atoms with E-state index in [4.69, 9.17) is 0 Å². The number of aromatic nitrogens is 2. The summed E-state index contributed by atoms with van der Waals surface area (Å²) in [6, 6.07) is 0.223. The number of hydrogen-bond donors (Lipinski definition) is 2. The van der Waals surface area contributed by atoms with Gasteiger partial charge in [0.05, 0.1) is 6.33 Å². The molecule has 3 rings (SSSR count). The summed E-state index contributed by atoms with van der Waals surface area (Å²) in [6.45, 7) is 6.18. The van der Waals surface area contributed by atoms with Crippen molar-refractivity contribution in [2.45, 2.75) is 50.6 Å². The molecule has 2 heterocycles. The zero-order chi connectivity index (χ0) is 13.5. The number of imidazole rings is 1. The summed E-state index contributed by atoms with van der Waals surface area (Å²) in [4.78, 5) is 16.5. The van der Waals surface area contributed by atoms with Gasteiger partial charge in [-0.1, -0.05) is 6.92 Å². The van der Waals surface area contributed by atoms with Crippen LogP contribution in [0.1, 0.15) is 44.8 Å². The Labute approximate surface area is 113 Å². The van der Waals surface area contributed by atoms with Crippen LogP contribution >= 0.6 is 0 Å². The first kappa shape index (κ1) is 12.7. The van der Waals surface area contributed by atoms with Crippen LogP contribution in [0.15, 0.2) is 12.5 Å². The van der Waals surface area contributed by atoms with Crippen molar-refractivity contribution in [3.8, 4) is 0 Å². The molecule has 5 heteroatoms. The number of rotatable bonds is 4. The molecule has 5 nitrogen and oxygen atoms in total. The first-order valence-electron chi connectivity index (χ1n) is 7.13. The molecular formula is C14H22N4O. The fourth-order valence-corrected chi connectivity index (χ4v) is 2.79. The summed E-state index contributed by atoms with van der Waals surface area (Å²) in [5, 5.41) is 6.47. The molecule has 0 spiro atoms. The van der Waals surface area contributed by atoms with Crippen molar-refractivity contribution in [2.75, 3.05) is 13.1 Å². The summed E-state index contributed by atoms with van der Waals surface area (Å²) >= 11 is 0. The van der Waals surface area contributed by atoms with Gasteiger partial charge < -0.3 is 15.2 Å². The van der Waals surface area contributed by atoms with E-state index in [1.54, 1.807) is 6.33 Å². The third-order valence-corrected chi connectivity index (χ3v) is 4.37. The van der Waals surface area contributed by atoms with Gasteiger partial charge in [0.1, 0.15) is 6.04 Å². The predicted molar refractivity (Wildman–Crippen MR) is 72.9 cm³/mol. The number of carbonyl (C=O) groups is 1. The lowest BCUT2D eigenvalue weighted by Gasteiger charge is -2.26. The van der Waals surface area contributed by atoms with Crippen LogP contribution in [0.2, 0.25) is 0 Å². The molecule has 2 atom stereocenters. The third-order valence-electron chi connectivity index (χ3n) is 4.37. The van der Waals surface area contributed by atoms with E-state index >= 15 is 0 Å². The molecule has 2 unspecified atom stereocenters. The van der Waals surface area contributed by atoms with Crippen LogP contribution in [0.25, 0.3) is 0 Å². The highest BCUT2D eigenvalue weighted by Gasteiger charge is 2.35. The lowest BCUT2D eigenvalue weighted by Crippen LogP contribution is -2.35. The van der Waals surface area contributed by atoms with Gasteiger partial charge in [0.25, 0.3) is 0 Å². The minimum atomic E-state index is -0.185. The van der Waals surface area contributed by atoms with E-state index in [0.717, 1.165) is 38.0 Å². The first-order chi connectivity index (χ1) is 9.10. The lowest BCUT2D eigenvalue weighted by molar-refractivity contribution is -0.124. The van der Waals surface area contributed by atoms with Gasteiger partial charge in [-0.2, -0.15) is 0 Å². The van der Waals surface area contributed by atoms with E-state index in [2.05, 4.69) is 22.5 Å². The molecule has 0 radical (unpaired) electrons. The maximum absolute atomic E-state index is 12.2. The largest absolute Gasteiger partial charge is 0.352 e. The van der Waals surface area contributed by atoms with E-state index in [1.807, 2.05) is 17.7 Å². The summed E-state index contributed by atoms with van der Waals surface area (Å²) in [5.41, 5.74) is 1.25. The zero-order valence-electron chi connectivity index (χ0n) is 11.6. The fraction of sp³-hybridized carbons (Fsp3) is 0.714. The van der Waals surface area contributed by atoms with Gasteiger partial charge >= 0.3 is 0 Å². The van der Waals surface area contributed by atoms with Crippen molar-refractivity contribution in [3.63, 3.8) is 0 Å². The van der Waals surface area contributed by atoms with Gasteiger partial charge in [-0.25, -0.2) is 4.98 Å². The molecule has 104 valence electrons. The molecule has 1 aliphatic heterocycles. The van der Waals surface area contributed by atoms with E-state index in [0.29, 0.717) is 6.04 Å². The minimum absolute atomic E-state index is 0.0879. The predicted octanol–water partition coefficient (Wildman–Crippen LogP) is 0.974. The average Bonchev–Trinajstić information content (AvgIpc) is 2.91. The molecule has 2 N–H and O–H groups in total. The third kappa shape index (κ3) is 2.39. The van der Waals surface area contributed by atoms with Gasteiger partial charge in [0.2, 0.25) is 5.91 Å². The van der Waals surface area contributed by atoms with Crippen LogP contribution in [0.5, 0.6) is 0 Å². The Morgan fingerprint density at radius 2 is 2.42 bits per heavy atom. The second-order valence-corrected chi connectivity index (χ2v) is 6.13. The van der Waals surface area contributed by atoms with Crippen molar-refractivity contribution in [2.24, 2.45) is 0 Å². The number of nitrogens with one attached hydrogen (secondary N) is 2. The quantitative estimate of drug-likeness (QED) is 0.850. The van der Waals surface area contributed by atoms with Gasteiger partial charge in [-0.05, 0) is 32.7 Å². The van der Waals surface area contributed by atoms with Crippen molar-refractivity contribution in [1.29, 1.82) is 0 Å². The monoisotopic (exact) mass is 262 g/mol. The lowest BCUT2D eigenvalue weighted by atomic mass is 9.86. The standard InChI is InChI=1S/C14H22N4O/c1-10(13(19)17-11-3-4-11)18-9-16-7-12(18)14(2)5-6-15-8-14/h7,9-11,15H,3-6,8H2,1-2H3,(H,17,19). The minimum Gasteiger partial charge on any atom is -0.352 e. The van der Waals surface area contributed by atoms with Gasteiger partial charge in [-0.3, -0.25) is 4.79 Å². The Kier molecular flexibility index (Phi) is 3.09. The summed E-state index contributed by atoms with van der Waals surface area (Å²) in [6.07, 6.45) is 7.04. The Morgan fingerprint density at radius 1 is 1.63 bits per heavy atom. The highest BCUT2D eigenvalue weighted by atomic mass is 16.2. The maximum Gasteiger partial charge on any atom is 0.243 e. The molecule has 19 heavy (non-hydrogen) atoms. The summed E-state index contributed by atoms with van der Waals surface area (Å²) in [7, 11) is 0. The van der Waals surface area contributed by atoms with Crippen LogP contribution in [-0.4, -0.2) is 34.6 Å². The molecule has 1 aliphatic carbocycles. The van der Waals surface area contributed by atoms with Crippen molar-refractivity contribution < 1.29 is 4.79 Å². The molecule has 2 fully saturated rings. The fourth-order valence-electron chi connectivity index (χ4n) is 2.79. The Balaban J connectivity index is 1.80. The Bertz CT molecular complexity index is 472. The van der Waals surface area contributed by atoms with Crippen molar-refractivity contribution in [3.05, 3.63) is 18.2 Å². The molecule has 2 aliphatic rings. The van der Waals surface area contributed by atoms with E-state index < -0.39 is 0 Å². The van der Waals surface area contributed by atoms with Crippen LogP contribution in [0, 0.1) is 0 Å². The smallest absolute Gasteiger partial charge is 0.243 e. The summed E-state index contributed by atoms with van der Waals surface area (Å²) in [5.74, 6) is 0.108. The molecular weight excluding hydrogens is 240 g/mol. The van der Waals surface area contributed by atoms with Crippen molar-refractivity contribution in [1.82, 2.24) is 20.2 Å². The Morgan fingerprint density at radius 3 is 3.05 bits per heavy atom. The maximum atomic E-state index is 12.2. The number of carbonyl (C=O) groups excluding carboxylic acids is 1. The second-order valence-electron chi connectivity index (χ2n) is 6.13. The van der Waals surface area contributed by atoms with E-state index in [1.165, 1.54) is 0 Å². The van der Waals surface area contributed by atoms with E-state index in [9.17, 15) is 4.79 Å². The van der Waals surface area contributed by atoms with Crippen LogP contribution < -0.4 is 10.6 Å². The van der Waals surface area contributed by atoms with Gasteiger partial charge in [0, 0.05) is 29.9 Å². The highest BCUT2D eigenvalue weighted by molar-refractivity contribution is 5.80. The molecule has 0 bridgehead atoms. The Hall–Kier alpha value is -1.36. The average molecular weight is 262 g/mol. The van der Waals surface area contributed by atoms with Crippen LogP contribution in [0.3, 0.4) is 0 Å². The normalized spacial score (nSPS) is 28.3. The topological polar surface area (TPSA) is 59.0 Å². The molecule has 1 aromatic heterocycles. The molecule has 1 saturated carbocycles. The number of hydrogen-bond acceptors (Lipinski definition) is 3. The van der Waals surface area contributed by atoms with Gasteiger partial charge in [-0.15, -0.1) is 0 Å². The molecule has 1 aromatic rings.